The van der Waals surface area contributed by atoms with Crippen molar-refractivity contribution in [2.24, 2.45) is 0 Å². The van der Waals surface area contributed by atoms with Crippen molar-refractivity contribution in [3.8, 4) is 28.4 Å². The first-order valence-electron chi connectivity index (χ1n) is 12.8. The van der Waals surface area contributed by atoms with E-state index < -0.39 is 0 Å². The van der Waals surface area contributed by atoms with E-state index in [9.17, 15) is 5.11 Å². The largest absolute Gasteiger partial charge is 0.507 e. The van der Waals surface area contributed by atoms with Crippen molar-refractivity contribution >= 4 is 0 Å². The van der Waals surface area contributed by atoms with E-state index in [4.69, 9.17) is 4.98 Å². The third-order valence-electron chi connectivity index (χ3n) is 6.68. The van der Waals surface area contributed by atoms with Crippen LogP contribution in [0, 0.1) is 13.8 Å². The Labute approximate surface area is 209 Å². The molecule has 0 saturated carbocycles. The molecule has 0 fully saturated rings. The molecule has 1 heterocycles. The smallest absolute Gasteiger partial charge is 0.140 e. The molecule has 4 heteroatoms. The summed E-state index contributed by atoms with van der Waals surface area (Å²) in [7, 11) is 0. The molecule has 4 nitrogen and oxygen atoms in total. The number of benzene rings is 3. The zero-order chi connectivity index (χ0) is 24.8. The molecule has 1 atom stereocenters. The molecule has 0 bridgehead atoms. The quantitative estimate of drug-likeness (QED) is 0.253. The van der Waals surface area contributed by atoms with Crippen LogP contribution in [-0.2, 0) is 13.1 Å². The zero-order valence-electron chi connectivity index (χ0n) is 21.4. The SMILES string of the molecule is CCCCC(NCc1cc(C)c(O)c(C)c1)c1c(-c2ccccc2)nc(-c2ccccc2)n1CC. The van der Waals surface area contributed by atoms with E-state index in [1.807, 2.05) is 13.8 Å². The molecule has 4 aromatic rings. The van der Waals surface area contributed by atoms with Crippen molar-refractivity contribution in [3.05, 3.63) is 95.2 Å². The van der Waals surface area contributed by atoms with E-state index in [-0.39, 0.29) is 6.04 Å². The van der Waals surface area contributed by atoms with Gasteiger partial charge in [-0.3, -0.25) is 0 Å². The van der Waals surface area contributed by atoms with Gasteiger partial charge in [-0.25, -0.2) is 4.98 Å². The fraction of sp³-hybridized carbons (Fsp3) is 0.323. The van der Waals surface area contributed by atoms with E-state index in [1.165, 1.54) is 11.3 Å². The summed E-state index contributed by atoms with van der Waals surface area (Å²) in [6, 6.07) is 25.3. The second-order valence-corrected chi connectivity index (χ2v) is 9.30. The van der Waals surface area contributed by atoms with Crippen molar-refractivity contribution in [1.29, 1.82) is 0 Å². The number of rotatable bonds is 10. The number of nitrogens with one attached hydrogen (secondary N) is 1. The standard InChI is InChI=1S/C31H37N3O/c1-5-7-18-27(32-21-24-19-22(3)30(35)23(4)20-24)29-28(25-14-10-8-11-15-25)33-31(34(29)6-2)26-16-12-9-13-17-26/h8-17,19-20,27,32,35H,5-7,18,21H2,1-4H3. The van der Waals surface area contributed by atoms with Crippen LogP contribution < -0.4 is 5.32 Å². The van der Waals surface area contributed by atoms with E-state index in [0.29, 0.717) is 5.75 Å². The maximum absolute atomic E-state index is 10.2. The average Bonchev–Trinajstić information content (AvgIpc) is 3.28. The van der Waals surface area contributed by atoms with Crippen LogP contribution in [0.2, 0.25) is 0 Å². The molecule has 0 aliphatic heterocycles. The number of nitrogens with zero attached hydrogens (tertiary/aromatic N) is 2. The van der Waals surface area contributed by atoms with Crippen LogP contribution in [0.4, 0.5) is 0 Å². The molecule has 0 aliphatic rings. The molecule has 35 heavy (non-hydrogen) atoms. The average molecular weight is 468 g/mol. The van der Waals surface area contributed by atoms with Crippen LogP contribution >= 0.6 is 0 Å². The number of aryl methyl sites for hydroxylation is 2. The third-order valence-corrected chi connectivity index (χ3v) is 6.68. The molecule has 4 rings (SSSR count). The highest BCUT2D eigenvalue weighted by molar-refractivity contribution is 5.69. The molecular weight excluding hydrogens is 430 g/mol. The van der Waals surface area contributed by atoms with E-state index in [1.54, 1.807) is 0 Å². The second-order valence-electron chi connectivity index (χ2n) is 9.30. The maximum atomic E-state index is 10.2. The van der Waals surface area contributed by atoms with Gasteiger partial charge in [0.25, 0.3) is 0 Å². The Hall–Kier alpha value is -3.37. The fourth-order valence-electron chi connectivity index (χ4n) is 4.89. The predicted molar refractivity (Wildman–Crippen MR) is 145 cm³/mol. The van der Waals surface area contributed by atoms with Gasteiger partial charge < -0.3 is 15.0 Å². The van der Waals surface area contributed by atoms with Gasteiger partial charge in [-0.15, -0.1) is 0 Å². The summed E-state index contributed by atoms with van der Waals surface area (Å²) in [6.45, 7) is 9.96. The molecule has 0 saturated heterocycles. The highest BCUT2D eigenvalue weighted by Crippen LogP contribution is 2.35. The Morgan fingerprint density at radius 2 is 1.49 bits per heavy atom. The minimum atomic E-state index is 0.157. The maximum Gasteiger partial charge on any atom is 0.140 e. The molecule has 182 valence electrons. The van der Waals surface area contributed by atoms with Gasteiger partial charge in [0.2, 0.25) is 0 Å². The van der Waals surface area contributed by atoms with Crippen molar-refractivity contribution in [2.45, 2.75) is 66.1 Å². The zero-order valence-corrected chi connectivity index (χ0v) is 21.4. The number of phenolic OH excluding ortho intramolecular Hbond substituents is 1. The first-order valence-corrected chi connectivity index (χ1v) is 12.8. The van der Waals surface area contributed by atoms with Gasteiger partial charge in [-0.05, 0) is 43.9 Å². The first-order chi connectivity index (χ1) is 17.0. The highest BCUT2D eigenvalue weighted by atomic mass is 16.3. The molecule has 0 radical (unpaired) electrons. The number of phenols is 1. The summed E-state index contributed by atoms with van der Waals surface area (Å²) < 4.78 is 2.39. The molecule has 0 amide bonds. The topological polar surface area (TPSA) is 50.1 Å². The van der Waals surface area contributed by atoms with Gasteiger partial charge in [0.15, 0.2) is 0 Å². The molecule has 1 aromatic heterocycles. The summed E-state index contributed by atoms with van der Waals surface area (Å²) in [5.74, 6) is 1.40. The monoisotopic (exact) mass is 467 g/mol. The van der Waals surface area contributed by atoms with Crippen LogP contribution in [0.25, 0.3) is 22.6 Å². The predicted octanol–water partition coefficient (Wildman–Crippen LogP) is 7.58. The molecular formula is C31H37N3O. The lowest BCUT2D eigenvalue weighted by Gasteiger charge is -2.23. The summed E-state index contributed by atoms with van der Waals surface area (Å²) in [5.41, 5.74) is 7.61. The summed E-state index contributed by atoms with van der Waals surface area (Å²) >= 11 is 0. The molecule has 0 aliphatic carbocycles. The number of imidazole rings is 1. The van der Waals surface area contributed by atoms with E-state index in [2.05, 4.69) is 96.5 Å². The Kier molecular flexibility index (Phi) is 8.04. The molecule has 0 spiro atoms. The Morgan fingerprint density at radius 1 is 0.886 bits per heavy atom. The lowest BCUT2D eigenvalue weighted by Crippen LogP contribution is -2.24. The Morgan fingerprint density at radius 3 is 2.06 bits per heavy atom. The van der Waals surface area contributed by atoms with Crippen molar-refractivity contribution < 1.29 is 5.11 Å². The number of unbranched alkanes of at least 4 members (excludes halogenated alkanes) is 1. The van der Waals surface area contributed by atoms with Gasteiger partial charge >= 0.3 is 0 Å². The molecule has 1 unspecified atom stereocenters. The van der Waals surface area contributed by atoms with Crippen molar-refractivity contribution in [2.75, 3.05) is 0 Å². The van der Waals surface area contributed by atoms with Gasteiger partial charge in [0.05, 0.1) is 11.4 Å². The molecule has 2 N–H and O–H groups in total. The van der Waals surface area contributed by atoms with Gasteiger partial charge in [-0.1, -0.05) is 92.6 Å². The highest BCUT2D eigenvalue weighted by Gasteiger charge is 2.25. The van der Waals surface area contributed by atoms with Crippen LogP contribution in [0.5, 0.6) is 5.75 Å². The Bertz CT molecular complexity index is 1220. The Balaban J connectivity index is 1.80. The normalized spacial score (nSPS) is 12.1. The third kappa shape index (κ3) is 5.49. The van der Waals surface area contributed by atoms with E-state index >= 15 is 0 Å². The fourth-order valence-corrected chi connectivity index (χ4v) is 4.89. The summed E-state index contributed by atoms with van der Waals surface area (Å²) in [6.07, 6.45) is 3.31. The lowest BCUT2D eigenvalue weighted by molar-refractivity contribution is 0.453. The van der Waals surface area contributed by atoms with Crippen LogP contribution in [-0.4, -0.2) is 14.7 Å². The molecule has 3 aromatic carbocycles. The van der Waals surface area contributed by atoms with Gasteiger partial charge in [-0.2, -0.15) is 0 Å². The van der Waals surface area contributed by atoms with Crippen LogP contribution in [0.3, 0.4) is 0 Å². The van der Waals surface area contributed by atoms with Gasteiger partial charge in [0, 0.05) is 30.3 Å². The minimum absolute atomic E-state index is 0.157. The minimum Gasteiger partial charge on any atom is -0.507 e. The van der Waals surface area contributed by atoms with Crippen LogP contribution in [0.1, 0.15) is 61.5 Å². The number of hydrogen-bond acceptors (Lipinski definition) is 3. The van der Waals surface area contributed by atoms with Crippen molar-refractivity contribution in [3.63, 3.8) is 0 Å². The summed E-state index contributed by atoms with van der Waals surface area (Å²) in [5, 5.41) is 14.1. The summed E-state index contributed by atoms with van der Waals surface area (Å²) in [4.78, 5) is 5.24. The number of aromatic hydroxyl groups is 1. The van der Waals surface area contributed by atoms with Crippen LogP contribution in [0.15, 0.2) is 72.8 Å². The van der Waals surface area contributed by atoms with Gasteiger partial charge in [0.1, 0.15) is 11.6 Å². The number of aromatic nitrogens is 2. The number of hydrogen-bond donors (Lipinski definition) is 2. The first kappa shape index (κ1) is 24.7. The second kappa shape index (κ2) is 11.4. The van der Waals surface area contributed by atoms with Crippen molar-refractivity contribution in [1.82, 2.24) is 14.9 Å². The van der Waals surface area contributed by atoms with E-state index in [0.717, 1.165) is 66.1 Å². The lowest BCUT2D eigenvalue weighted by atomic mass is 10.00.